The molecule has 0 fully saturated rings. The van der Waals surface area contributed by atoms with Crippen LogP contribution in [0.4, 0.5) is 10.1 Å². The van der Waals surface area contributed by atoms with E-state index in [0.717, 1.165) is 6.07 Å². The summed E-state index contributed by atoms with van der Waals surface area (Å²) in [7, 11) is 0. The number of rotatable bonds is 2. The second kappa shape index (κ2) is 5.01. The molecule has 1 aromatic carbocycles. The molecule has 1 amide bonds. The van der Waals surface area contributed by atoms with Gasteiger partial charge in [-0.1, -0.05) is 11.6 Å². The lowest BCUT2D eigenvalue weighted by Gasteiger charge is -2.05. The van der Waals surface area contributed by atoms with Crippen LogP contribution in [0.15, 0.2) is 41.3 Å². The number of carbonyl (C=O) groups excluding carboxylic acids is 1. The molecule has 2 aromatic rings. The molecule has 1 heterocycles. The highest BCUT2D eigenvalue weighted by atomic mass is 35.5. The minimum atomic E-state index is -0.718. The zero-order valence-corrected chi connectivity index (χ0v) is 9.79. The Morgan fingerprint density at radius 1 is 1.28 bits per heavy atom. The van der Waals surface area contributed by atoms with Crippen molar-refractivity contribution in [3.63, 3.8) is 0 Å². The van der Waals surface area contributed by atoms with Crippen LogP contribution < -0.4 is 10.9 Å². The molecule has 18 heavy (non-hydrogen) atoms. The summed E-state index contributed by atoms with van der Waals surface area (Å²) in [6.45, 7) is 0. The van der Waals surface area contributed by atoms with Crippen LogP contribution in [0.1, 0.15) is 10.4 Å². The largest absolute Gasteiger partial charge is 0.329 e. The second-order valence-electron chi connectivity index (χ2n) is 3.52. The molecule has 0 aliphatic carbocycles. The number of H-pyrrole nitrogens is 1. The average Bonchev–Trinajstić information content (AvgIpc) is 2.28. The van der Waals surface area contributed by atoms with E-state index in [1.807, 2.05) is 0 Å². The molecular formula is C12H8ClFN2O2. The van der Waals surface area contributed by atoms with Gasteiger partial charge in [0, 0.05) is 23.0 Å². The van der Waals surface area contributed by atoms with Gasteiger partial charge in [0.1, 0.15) is 5.82 Å². The number of pyridine rings is 1. The third kappa shape index (κ3) is 2.75. The van der Waals surface area contributed by atoms with Crippen LogP contribution >= 0.6 is 11.6 Å². The van der Waals surface area contributed by atoms with E-state index in [2.05, 4.69) is 10.3 Å². The first kappa shape index (κ1) is 12.3. The molecule has 6 heteroatoms. The Kier molecular flexibility index (Phi) is 3.43. The van der Waals surface area contributed by atoms with Gasteiger partial charge < -0.3 is 10.3 Å². The summed E-state index contributed by atoms with van der Waals surface area (Å²) in [4.78, 5) is 25.2. The molecule has 0 saturated carbocycles. The van der Waals surface area contributed by atoms with Gasteiger partial charge >= 0.3 is 0 Å². The van der Waals surface area contributed by atoms with E-state index in [1.54, 1.807) is 0 Å². The van der Waals surface area contributed by atoms with Crippen LogP contribution in [0.5, 0.6) is 0 Å². The molecule has 2 rings (SSSR count). The fourth-order valence-electron chi connectivity index (χ4n) is 1.39. The number of amides is 1. The SMILES string of the molecule is O=C(Nc1cc[nH]c(=O)c1)c1ccc(Cl)cc1F. The van der Waals surface area contributed by atoms with E-state index < -0.39 is 11.7 Å². The third-order valence-electron chi connectivity index (χ3n) is 2.21. The number of aromatic nitrogens is 1. The van der Waals surface area contributed by atoms with Crippen molar-refractivity contribution in [2.75, 3.05) is 5.32 Å². The third-order valence-corrected chi connectivity index (χ3v) is 2.44. The zero-order chi connectivity index (χ0) is 13.1. The van der Waals surface area contributed by atoms with Gasteiger partial charge in [0.05, 0.1) is 5.56 Å². The fraction of sp³-hybridized carbons (Fsp3) is 0. The van der Waals surface area contributed by atoms with Gasteiger partial charge in [-0.2, -0.15) is 0 Å². The molecule has 0 unspecified atom stereocenters. The Balaban J connectivity index is 2.25. The van der Waals surface area contributed by atoms with Gasteiger partial charge in [-0.05, 0) is 24.3 Å². The van der Waals surface area contributed by atoms with Crippen LogP contribution in [-0.4, -0.2) is 10.9 Å². The number of aromatic amines is 1. The van der Waals surface area contributed by atoms with Gasteiger partial charge in [-0.15, -0.1) is 0 Å². The maximum atomic E-state index is 13.5. The van der Waals surface area contributed by atoms with E-state index in [4.69, 9.17) is 11.6 Å². The summed E-state index contributed by atoms with van der Waals surface area (Å²) in [5.41, 5.74) is -0.206. The van der Waals surface area contributed by atoms with E-state index in [-0.39, 0.29) is 21.8 Å². The first-order valence-corrected chi connectivity index (χ1v) is 5.39. The minimum absolute atomic E-state index is 0.139. The fourth-order valence-corrected chi connectivity index (χ4v) is 1.55. The highest BCUT2D eigenvalue weighted by Crippen LogP contribution is 2.15. The summed E-state index contributed by atoms with van der Waals surface area (Å²) >= 11 is 5.59. The Bertz CT molecular complexity index is 655. The smallest absolute Gasteiger partial charge is 0.258 e. The number of halogens is 2. The monoisotopic (exact) mass is 266 g/mol. The van der Waals surface area contributed by atoms with Crippen molar-refractivity contribution < 1.29 is 9.18 Å². The number of carbonyl (C=O) groups is 1. The van der Waals surface area contributed by atoms with Crippen molar-refractivity contribution in [3.05, 3.63) is 63.3 Å². The molecular weight excluding hydrogens is 259 g/mol. The molecule has 4 nitrogen and oxygen atoms in total. The minimum Gasteiger partial charge on any atom is -0.329 e. The van der Waals surface area contributed by atoms with Gasteiger partial charge in [0.2, 0.25) is 5.56 Å². The lowest BCUT2D eigenvalue weighted by atomic mass is 10.2. The summed E-state index contributed by atoms with van der Waals surface area (Å²) in [6.07, 6.45) is 1.39. The molecule has 1 aromatic heterocycles. The van der Waals surface area contributed by atoms with Crippen molar-refractivity contribution in [2.45, 2.75) is 0 Å². The predicted octanol–water partition coefficient (Wildman–Crippen LogP) is 2.42. The van der Waals surface area contributed by atoms with Crippen molar-refractivity contribution in [2.24, 2.45) is 0 Å². The first-order valence-electron chi connectivity index (χ1n) is 5.01. The molecule has 0 radical (unpaired) electrons. The number of anilines is 1. The standard InChI is InChI=1S/C12H8ClFN2O2/c13-7-1-2-9(10(14)5-7)12(18)16-8-3-4-15-11(17)6-8/h1-6H,(H2,15,16,17,18). The van der Waals surface area contributed by atoms with E-state index in [9.17, 15) is 14.0 Å². The molecule has 0 atom stereocenters. The quantitative estimate of drug-likeness (QED) is 0.877. The van der Waals surface area contributed by atoms with Crippen LogP contribution in [0.2, 0.25) is 5.02 Å². The number of hydrogen-bond acceptors (Lipinski definition) is 2. The van der Waals surface area contributed by atoms with Crippen LogP contribution in [0.3, 0.4) is 0 Å². The van der Waals surface area contributed by atoms with Crippen molar-refractivity contribution in [1.29, 1.82) is 0 Å². The Labute approximate surface area is 106 Å². The lowest BCUT2D eigenvalue weighted by Crippen LogP contribution is -2.15. The Morgan fingerprint density at radius 3 is 2.72 bits per heavy atom. The van der Waals surface area contributed by atoms with E-state index in [0.29, 0.717) is 0 Å². The van der Waals surface area contributed by atoms with E-state index in [1.165, 1.54) is 30.5 Å². The first-order chi connectivity index (χ1) is 8.56. The molecule has 0 spiro atoms. The van der Waals surface area contributed by atoms with E-state index >= 15 is 0 Å². The van der Waals surface area contributed by atoms with Crippen molar-refractivity contribution >= 4 is 23.2 Å². The molecule has 92 valence electrons. The van der Waals surface area contributed by atoms with Gasteiger partial charge in [-0.25, -0.2) is 4.39 Å². The topological polar surface area (TPSA) is 62.0 Å². The summed E-state index contributed by atoms with van der Waals surface area (Å²) in [5, 5.41) is 2.63. The molecule has 0 bridgehead atoms. The number of benzene rings is 1. The van der Waals surface area contributed by atoms with Crippen LogP contribution in [0, 0.1) is 5.82 Å². The normalized spacial score (nSPS) is 10.1. The molecule has 0 aliphatic heterocycles. The Morgan fingerprint density at radius 2 is 2.06 bits per heavy atom. The second-order valence-corrected chi connectivity index (χ2v) is 3.96. The van der Waals surface area contributed by atoms with Crippen molar-refractivity contribution in [3.8, 4) is 0 Å². The summed E-state index contributed by atoms with van der Waals surface area (Å²) in [6, 6.07) is 6.44. The van der Waals surface area contributed by atoms with Gasteiger partial charge in [0.25, 0.3) is 5.91 Å². The average molecular weight is 267 g/mol. The predicted molar refractivity (Wildman–Crippen MR) is 66.4 cm³/mol. The van der Waals surface area contributed by atoms with Gasteiger partial charge in [0.15, 0.2) is 0 Å². The zero-order valence-electron chi connectivity index (χ0n) is 9.04. The van der Waals surface area contributed by atoms with Crippen LogP contribution in [0.25, 0.3) is 0 Å². The molecule has 2 N–H and O–H groups in total. The Hall–Kier alpha value is -2.14. The molecule has 0 saturated heterocycles. The summed E-state index contributed by atoms with van der Waals surface area (Å²) < 4.78 is 13.5. The van der Waals surface area contributed by atoms with Crippen LogP contribution in [-0.2, 0) is 0 Å². The molecule has 0 aliphatic rings. The number of nitrogens with one attached hydrogen (secondary N) is 2. The highest BCUT2D eigenvalue weighted by molar-refractivity contribution is 6.30. The number of hydrogen-bond donors (Lipinski definition) is 2. The lowest BCUT2D eigenvalue weighted by molar-refractivity contribution is 0.102. The summed E-state index contributed by atoms with van der Waals surface area (Å²) in [5.74, 6) is -1.36. The van der Waals surface area contributed by atoms with Gasteiger partial charge in [-0.3, -0.25) is 9.59 Å². The maximum absolute atomic E-state index is 13.5. The highest BCUT2D eigenvalue weighted by Gasteiger charge is 2.12. The van der Waals surface area contributed by atoms with Crippen molar-refractivity contribution in [1.82, 2.24) is 4.98 Å². The maximum Gasteiger partial charge on any atom is 0.258 e.